The maximum atomic E-state index is 13.4. The molecule has 0 aliphatic heterocycles. The summed E-state index contributed by atoms with van der Waals surface area (Å²) in [7, 11) is 3.38. The Morgan fingerprint density at radius 1 is 0.971 bits per heavy atom. The van der Waals surface area contributed by atoms with Crippen molar-refractivity contribution in [2.75, 3.05) is 25.2 Å². The molecule has 0 saturated heterocycles. The first kappa shape index (κ1) is 24.2. The van der Waals surface area contributed by atoms with Crippen molar-refractivity contribution in [3.05, 3.63) is 94.3 Å². The van der Waals surface area contributed by atoms with Crippen molar-refractivity contribution < 1.29 is 9.59 Å². The lowest BCUT2D eigenvalue weighted by molar-refractivity contribution is -0.113. The molecule has 1 heterocycles. The van der Waals surface area contributed by atoms with E-state index in [9.17, 15) is 14.4 Å². The fraction of sp³-hybridized carbons (Fsp3) is 0.185. The maximum Gasteiger partial charge on any atom is 0.266 e. The fourth-order valence-corrected chi connectivity index (χ4v) is 4.41. The second-order valence-corrected chi connectivity index (χ2v) is 9.13. The van der Waals surface area contributed by atoms with Crippen LogP contribution in [0.1, 0.15) is 22.8 Å². The lowest BCUT2D eigenvalue weighted by Crippen LogP contribution is -2.23. The van der Waals surface area contributed by atoms with Crippen LogP contribution in [0.2, 0.25) is 0 Å². The molecule has 0 fully saturated rings. The van der Waals surface area contributed by atoms with Gasteiger partial charge in [0.05, 0.1) is 22.3 Å². The van der Waals surface area contributed by atoms with Gasteiger partial charge in [-0.15, -0.1) is 0 Å². The number of rotatable bonds is 7. The number of anilines is 1. The van der Waals surface area contributed by atoms with Gasteiger partial charge >= 0.3 is 0 Å². The molecular weight excluding hydrogens is 460 g/mol. The number of para-hydroxylation sites is 1. The van der Waals surface area contributed by atoms with E-state index in [1.807, 2.05) is 36.4 Å². The lowest BCUT2D eigenvalue weighted by atomic mass is 10.1. The van der Waals surface area contributed by atoms with Gasteiger partial charge in [0.25, 0.3) is 11.5 Å². The van der Waals surface area contributed by atoms with Gasteiger partial charge in [-0.05, 0) is 60.5 Å². The number of hydrogen-bond acceptors (Lipinski definition) is 5. The number of thioether (sulfide) groups is 1. The summed E-state index contributed by atoms with van der Waals surface area (Å²) in [6.45, 7) is 2.08. The van der Waals surface area contributed by atoms with E-state index in [4.69, 9.17) is 0 Å². The van der Waals surface area contributed by atoms with Gasteiger partial charge in [0, 0.05) is 25.3 Å². The molecule has 1 N–H and O–H groups in total. The van der Waals surface area contributed by atoms with Crippen LogP contribution in [0, 0.1) is 0 Å². The minimum atomic E-state index is -0.239. The zero-order chi connectivity index (χ0) is 24.9. The van der Waals surface area contributed by atoms with Crippen molar-refractivity contribution in [1.82, 2.24) is 14.5 Å². The number of fused-ring (bicyclic) bond motifs is 1. The molecule has 8 heteroatoms. The van der Waals surface area contributed by atoms with Crippen LogP contribution < -0.4 is 10.9 Å². The Balaban J connectivity index is 1.57. The van der Waals surface area contributed by atoms with E-state index in [-0.39, 0.29) is 23.1 Å². The van der Waals surface area contributed by atoms with Gasteiger partial charge in [-0.3, -0.25) is 19.0 Å². The number of aromatic nitrogens is 2. The van der Waals surface area contributed by atoms with Crippen LogP contribution in [0.5, 0.6) is 0 Å². The van der Waals surface area contributed by atoms with Crippen LogP contribution in [-0.2, 0) is 11.2 Å². The largest absolute Gasteiger partial charge is 0.345 e. The Kier molecular flexibility index (Phi) is 7.31. The Morgan fingerprint density at radius 2 is 1.66 bits per heavy atom. The summed E-state index contributed by atoms with van der Waals surface area (Å²) in [5.74, 6) is -0.279. The van der Waals surface area contributed by atoms with Gasteiger partial charge in [0.15, 0.2) is 5.16 Å². The van der Waals surface area contributed by atoms with E-state index in [0.717, 1.165) is 6.42 Å². The number of hydrogen-bond donors (Lipinski definition) is 1. The quantitative estimate of drug-likeness (QED) is 0.310. The standard InChI is InChI=1S/C27H26N4O3S/c1-4-18-9-15-21(16-10-18)31-26(34)22-7-5-6-8-23(22)29-27(31)35-17-24(32)28-20-13-11-19(12-14-20)25(33)30(2)3/h5-16H,4,17H2,1-3H3,(H,28,32). The highest BCUT2D eigenvalue weighted by Gasteiger charge is 2.15. The fourth-order valence-electron chi connectivity index (χ4n) is 3.60. The summed E-state index contributed by atoms with van der Waals surface area (Å²) in [5.41, 5.74) is 3.41. The minimum Gasteiger partial charge on any atom is -0.345 e. The molecule has 0 bridgehead atoms. The van der Waals surface area contributed by atoms with Crippen LogP contribution in [0.25, 0.3) is 16.6 Å². The summed E-state index contributed by atoms with van der Waals surface area (Å²) in [4.78, 5) is 44.2. The molecule has 4 rings (SSSR count). The van der Waals surface area contributed by atoms with E-state index in [0.29, 0.717) is 33.0 Å². The number of aryl methyl sites for hydroxylation is 1. The van der Waals surface area contributed by atoms with Crippen molar-refractivity contribution in [3.8, 4) is 5.69 Å². The molecule has 35 heavy (non-hydrogen) atoms. The molecule has 4 aromatic rings. The second kappa shape index (κ2) is 10.6. The number of amides is 2. The van der Waals surface area contributed by atoms with E-state index in [1.54, 1.807) is 55.1 Å². The van der Waals surface area contributed by atoms with Crippen LogP contribution >= 0.6 is 11.8 Å². The summed E-state index contributed by atoms with van der Waals surface area (Å²) in [6, 6.07) is 21.7. The van der Waals surface area contributed by atoms with Crippen molar-refractivity contribution in [2.45, 2.75) is 18.5 Å². The Labute approximate surface area is 207 Å². The van der Waals surface area contributed by atoms with Crippen molar-refractivity contribution >= 4 is 40.2 Å². The van der Waals surface area contributed by atoms with Crippen LogP contribution in [0.4, 0.5) is 5.69 Å². The van der Waals surface area contributed by atoms with E-state index >= 15 is 0 Å². The molecule has 2 amide bonds. The first-order valence-electron chi connectivity index (χ1n) is 11.2. The SMILES string of the molecule is CCc1ccc(-n2c(SCC(=O)Nc3ccc(C(=O)N(C)C)cc3)nc3ccccc3c2=O)cc1. The third-order valence-electron chi connectivity index (χ3n) is 5.50. The zero-order valence-corrected chi connectivity index (χ0v) is 20.6. The summed E-state index contributed by atoms with van der Waals surface area (Å²) in [6.07, 6.45) is 0.900. The van der Waals surface area contributed by atoms with Gasteiger partial charge in [-0.25, -0.2) is 4.98 Å². The molecule has 0 saturated carbocycles. The summed E-state index contributed by atoms with van der Waals surface area (Å²) in [5, 5.41) is 3.80. The predicted octanol–water partition coefficient (Wildman–Crippen LogP) is 4.38. The lowest BCUT2D eigenvalue weighted by Gasteiger charge is -2.14. The third-order valence-corrected chi connectivity index (χ3v) is 6.44. The van der Waals surface area contributed by atoms with E-state index in [1.165, 1.54) is 22.2 Å². The monoisotopic (exact) mass is 486 g/mol. The predicted molar refractivity (Wildman–Crippen MR) is 141 cm³/mol. The number of nitrogens with one attached hydrogen (secondary N) is 1. The minimum absolute atomic E-state index is 0.0657. The molecule has 3 aromatic carbocycles. The Bertz CT molecular complexity index is 1430. The maximum absolute atomic E-state index is 13.4. The number of carbonyl (C=O) groups excluding carboxylic acids is 2. The molecule has 0 aliphatic carbocycles. The highest BCUT2D eigenvalue weighted by molar-refractivity contribution is 7.99. The highest BCUT2D eigenvalue weighted by atomic mass is 32.2. The van der Waals surface area contributed by atoms with Crippen LogP contribution in [0.3, 0.4) is 0 Å². The van der Waals surface area contributed by atoms with E-state index < -0.39 is 0 Å². The van der Waals surface area contributed by atoms with Gasteiger partial charge in [-0.2, -0.15) is 0 Å². The Hall–Kier alpha value is -3.91. The van der Waals surface area contributed by atoms with Gasteiger partial charge in [0.2, 0.25) is 5.91 Å². The molecule has 0 atom stereocenters. The molecule has 0 unspecified atom stereocenters. The van der Waals surface area contributed by atoms with Gasteiger partial charge < -0.3 is 10.2 Å². The van der Waals surface area contributed by atoms with Crippen LogP contribution in [-0.4, -0.2) is 46.1 Å². The first-order valence-corrected chi connectivity index (χ1v) is 12.2. The second-order valence-electron chi connectivity index (χ2n) is 8.19. The van der Waals surface area contributed by atoms with E-state index in [2.05, 4.69) is 17.2 Å². The molecule has 178 valence electrons. The summed E-state index contributed by atoms with van der Waals surface area (Å²) >= 11 is 1.20. The summed E-state index contributed by atoms with van der Waals surface area (Å²) < 4.78 is 1.56. The van der Waals surface area contributed by atoms with Crippen LogP contribution in [0.15, 0.2) is 82.7 Å². The van der Waals surface area contributed by atoms with Crippen molar-refractivity contribution in [2.24, 2.45) is 0 Å². The normalized spacial score (nSPS) is 10.8. The average Bonchev–Trinajstić information content (AvgIpc) is 2.87. The third kappa shape index (κ3) is 5.44. The zero-order valence-electron chi connectivity index (χ0n) is 19.8. The van der Waals surface area contributed by atoms with Gasteiger partial charge in [0.1, 0.15) is 0 Å². The molecule has 0 spiro atoms. The van der Waals surface area contributed by atoms with Crippen molar-refractivity contribution in [3.63, 3.8) is 0 Å². The Morgan fingerprint density at radius 3 is 2.31 bits per heavy atom. The number of benzene rings is 3. The van der Waals surface area contributed by atoms with Gasteiger partial charge in [-0.1, -0.05) is 43.0 Å². The molecule has 0 aliphatic rings. The smallest absolute Gasteiger partial charge is 0.266 e. The molecule has 7 nitrogen and oxygen atoms in total. The number of nitrogens with zero attached hydrogens (tertiary/aromatic N) is 3. The average molecular weight is 487 g/mol. The first-order chi connectivity index (χ1) is 16.9. The highest BCUT2D eigenvalue weighted by Crippen LogP contribution is 2.22. The number of carbonyl (C=O) groups is 2. The van der Waals surface area contributed by atoms with Crippen molar-refractivity contribution in [1.29, 1.82) is 0 Å². The topological polar surface area (TPSA) is 84.3 Å². The molecule has 0 radical (unpaired) electrons. The molecule has 1 aromatic heterocycles. The molecular formula is C27H26N4O3S.